The summed E-state index contributed by atoms with van der Waals surface area (Å²) in [4.78, 5) is 0. The third-order valence-electron chi connectivity index (χ3n) is 4.02. The lowest BCUT2D eigenvalue weighted by molar-refractivity contribution is 0.0366. The third-order valence-corrected chi connectivity index (χ3v) is 4.02. The summed E-state index contributed by atoms with van der Waals surface area (Å²) in [5.74, 6) is 0. The van der Waals surface area contributed by atoms with E-state index in [1.807, 2.05) is 72.8 Å². The minimum Gasteiger partial charge on any atom is -0.376 e. The monoisotopic (exact) mass is 436 g/mol. The molecule has 0 N–H and O–H groups in total. The maximum absolute atomic E-state index is 5.27. The molecule has 172 valence electrons. The van der Waals surface area contributed by atoms with E-state index in [1.54, 1.807) is 12.2 Å². The van der Waals surface area contributed by atoms with E-state index in [4.69, 9.17) is 18.9 Å². The molecule has 0 aromatic heterocycles. The molecular weight excluding hydrogens is 400 g/mol. The molecule has 2 saturated heterocycles. The molecule has 2 aromatic carbocycles. The van der Waals surface area contributed by atoms with Gasteiger partial charge in [-0.3, -0.25) is 0 Å². The molecule has 2 aliphatic rings. The normalized spacial score (nSPS) is 16.9. The van der Waals surface area contributed by atoms with Gasteiger partial charge in [-0.2, -0.15) is 0 Å². The first-order valence-corrected chi connectivity index (χ1v) is 10.7. The van der Waals surface area contributed by atoms with Crippen LogP contribution in [0.25, 0.3) is 12.2 Å². The molecule has 2 heterocycles. The van der Waals surface area contributed by atoms with Gasteiger partial charge in [-0.05, 0) is 11.1 Å². The van der Waals surface area contributed by atoms with E-state index < -0.39 is 0 Å². The standard InChI is InChI=1S/C8H14O4.2C8H8.C4H6/c1(9-3-7-5-11-7)2-10-4-8-6-12-8;2*1-2-8-6-4-3-5-7-8;1-3-4-2/h7-8H,1-6H2;2*2-7H,1H2;3-4H,1-2H2. The highest BCUT2D eigenvalue weighted by Gasteiger charge is 2.23. The van der Waals surface area contributed by atoms with Crippen molar-refractivity contribution in [3.8, 4) is 0 Å². The van der Waals surface area contributed by atoms with Gasteiger partial charge < -0.3 is 18.9 Å². The van der Waals surface area contributed by atoms with Gasteiger partial charge in [-0.25, -0.2) is 0 Å². The molecule has 0 bridgehead atoms. The van der Waals surface area contributed by atoms with Crippen molar-refractivity contribution in [3.05, 3.63) is 110 Å². The molecule has 0 saturated carbocycles. The van der Waals surface area contributed by atoms with Crippen LogP contribution in [0.5, 0.6) is 0 Å². The maximum Gasteiger partial charge on any atom is 0.104 e. The van der Waals surface area contributed by atoms with Crippen LogP contribution in [0.4, 0.5) is 0 Å². The van der Waals surface area contributed by atoms with Gasteiger partial charge in [0.1, 0.15) is 12.2 Å². The minimum absolute atomic E-state index is 0.358. The van der Waals surface area contributed by atoms with Gasteiger partial charge >= 0.3 is 0 Å². The summed E-state index contributed by atoms with van der Waals surface area (Å²) >= 11 is 0. The second-order valence-corrected chi connectivity index (χ2v) is 6.76. The van der Waals surface area contributed by atoms with Crippen LogP contribution in [-0.2, 0) is 18.9 Å². The molecule has 4 nitrogen and oxygen atoms in total. The van der Waals surface area contributed by atoms with Crippen molar-refractivity contribution in [2.45, 2.75) is 12.2 Å². The fourth-order valence-corrected chi connectivity index (χ4v) is 2.05. The van der Waals surface area contributed by atoms with Crippen molar-refractivity contribution >= 4 is 12.2 Å². The zero-order valence-electron chi connectivity index (χ0n) is 18.9. The molecule has 0 amide bonds. The van der Waals surface area contributed by atoms with Crippen LogP contribution in [0.3, 0.4) is 0 Å². The number of hydrogen-bond donors (Lipinski definition) is 0. The minimum atomic E-state index is 0.358. The predicted octanol–water partition coefficient (Wildman–Crippen LogP) is 5.83. The Morgan fingerprint density at radius 1 is 0.656 bits per heavy atom. The Morgan fingerprint density at radius 3 is 1.22 bits per heavy atom. The van der Waals surface area contributed by atoms with E-state index in [1.165, 1.54) is 11.1 Å². The summed E-state index contributed by atoms with van der Waals surface area (Å²) in [5.41, 5.74) is 2.35. The van der Waals surface area contributed by atoms with Gasteiger partial charge in [-0.15, -0.1) is 0 Å². The molecule has 2 aliphatic heterocycles. The Kier molecular flexibility index (Phi) is 16.2. The van der Waals surface area contributed by atoms with E-state index >= 15 is 0 Å². The van der Waals surface area contributed by atoms with Crippen LogP contribution in [0.2, 0.25) is 0 Å². The first kappa shape index (κ1) is 27.3. The molecule has 2 unspecified atom stereocenters. The number of epoxide rings is 2. The molecule has 2 aromatic rings. The van der Waals surface area contributed by atoms with Crippen LogP contribution in [-0.4, -0.2) is 51.8 Å². The van der Waals surface area contributed by atoms with Gasteiger partial charge in [0.25, 0.3) is 0 Å². The summed E-state index contributed by atoms with van der Waals surface area (Å²) in [5, 5.41) is 0. The zero-order chi connectivity index (χ0) is 23.3. The molecular formula is C28H36O4. The Labute approximate surface area is 193 Å². The summed E-state index contributed by atoms with van der Waals surface area (Å²) in [6, 6.07) is 20.1. The molecule has 0 aliphatic carbocycles. The number of benzene rings is 2. The largest absolute Gasteiger partial charge is 0.376 e. The van der Waals surface area contributed by atoms with Crippen molar-refractivity contribution in [1.82, 2.24) is 0 Å². The second kappa shape index (κ2) is 19.0. The molecule has 0 spiro atoms. The highest BCUT2D eigenvalue weighted by Crippen LogP contribution is 2.09. The number of rotatable bonds is 10. The highest BCUT2D eigenvalue weighted by molar-refractivity contribution is 5.46. The van der Waals surface area contributed by atoms with Crippen molar-refractivity contribution < 1.29 is 18.9 Å². The Hall–Kier alpha value is -2.76. The maximum atomic E-state index is 5.27. The lowest BCUT2D eigenvalue weighted by Gasteiger charge is -2.02. The molecule has 4 heteroatoms. The fourth-order valence-electron chi connectivity index (χ4n) is 2.05. The first-order valence-electron chi connectivity index (χ1n) is 10.7. The highest BCUT2D eigenvalue weighted by atomic mass is 16.6. The zero-order valence-corrected chi connectivity index (χ0v) is 18.9. The van der Waals surface area contributed by atoms with Gasteiger partial charge in [0, 0.05) is 0 Å². The Morgan fingerprint density at radius 2 is 1.00 bits per heavy atom. The third kappa shape index (κ3) is 17.0. The average Bonchev–Trinajstić information content (AvgIpc) is 3.79. The Bertz CT molecular complexity index is 669. The summed E-state index contributed by atoms with van der Waals surface area (Å²) in [6.07, 6.45) is 7.66. The van der Waals surface area contributed by atoms with Crippen molar-refractivity contribution in [1.29, 1.82) is 0 Å². The van der Waals surface area contributed by atoms with Gasteiger partial charge in [0.05, 0.1) is 39.6 Å². The van der Waals surface area contributed by atoms with E-state index in [0.29, 0.717) is 38.6 Å². The average molecular weight is 437 g/mol. The van der Waals surface area contributed by atoms with Crippen molar-refractivity contribution in [3.63, 3.8) is 0 Å². The van der Waals surface area contributed by atoms with Gasteiger partial charge in [0.2, 0.25) is 0 Å². The quantitative estimate of drug-likeness (QED) is 0.267. The Balaban J connectivity index is 0.000000228. The van der Waals surface area contributed by atoms with E-state index in [2.05, 4.69) is 26.3 Å². The van der Waals surface area contributed by atoms with Gasteiger partial charge in [0.15, 0.2) is 0 Å². The van der Waals surface area contributed by atoms with Gasteiger partial charge in [-0.1, -0.05) is 111 Å². The second-order valence-electron chi connectivity index (χ2n) is 6.76. The van der Waals surface area contributed by atoms with Crippen molar-refractivity contribution in [2.75, 3.05) is 39.6 Å². The fraction of sp³-hybridized carbons (Fsp3) is 0.286. The molecule has 4 rings (SSSR count). The van der Waals surface area contributed by atoms with Crippen LogP contribution in [0.1, 0.15) is 11.1 Å². The number of ether oxygens (including phenoxy) is 4. The number of hydrogen-bond acceptors (Lipinski definition) is 4. The predicted molar refractivity (Wildman–Crippen MR) is 135 cm³/mol. The molecule has 2 fully saturated rings. The van der Waals surface area contributed by atoms with E-state index in [9.17, 15) is 0 Å². The molecule has 0 radical (unpaired) electrons. The number of allylic oxidation sites excluding steroid dienone is 2. The lowest BCUT2D eigenvalue weighted by atomic mass is 10.2. The molecule has 32 heavy (non-hydrogen) atoms. The smallest absolute Gasteiger partial charge is 0.104 e. The van der Waals surface area contributed by atoms with Crippen LogP contribution in [0.15, 0.2) is 99.1 Å². The lowest BCUT2D eigenvalue weighted by Crippen LogP contribution is -2.10. The van der Waals surface area contributed by atoms with Crippen molar-refractivity contribution in [2.24, 2.45) is 0 Å². The van der Waals surface area contributed by atoms with E-state index in [-0.39, 0.29) is 0 Å². The summed E-state index contributed by atoms with van der Waals surface area (Å²) < 4.78 is 20.5. The van der Waals surface area contributed by atoms with Crippen LogP contribution >= 0.6 is 0 Å². The van der Waals surface area contributed by atoms with Crippen LogP contribution in [0, 0.1) is 0 Å². The summed E-state index contributed by atoms with van der Waals surface area (Å²) in [7, 11) is 0. The summed E-state index contributed by atoms with van der Waals surface area (Å²) in [6.45, 7) is 18.4. The SMILES string of the molecule is C(COCC1CO1)OCC1CO1.C=CC=C.C=Cc1ccccc1.C=Cc1ccccc1. The van der Waals surface area contributed by atoms with Crippen LogP contribution < -0.4 is 0 Å². The topological polar surface area (TPSA) is 43.5 Å². The van der Waals surface area contributed by atoms with E-state index in [0.717, 1.165) is 13.2 Å². The first-order chi connectivity index (χ1) is 15.7. The molecule has 2 atom stereocenters.